The van der Waals surface area contributed by atoms with Gasteiger partial charge in [0.15, 0.2) is 0 Å². The minimum Gasteiger partial charge on any atom is -0.480 e. The summed E-state index contributed by atoms with van der Waals surface area (Å²) in [5.41, 5.74) is 6.44. The fourth-order valence-electron chi connectivity index (χ4n) is 2.17. The molecule has 12 heteroatoms. The van der Waals surface area contributed by atoms with Crippen LogP contribution in [0.1, 0.15) is 19.0 Å². The van der Waals surface area contributed by atoms with E-state index in [-0.39, 0.29) is 19.4 Å². The van der Waals surface area contributed by atoms with Crippen LogP contribution >= 0.6 is 11.8 Å². The molecule has 0 bridgehead atoms. The van der Waals surface area contributed by atoms with Crippen molar-refractivity contribution in [2.45, 2.75) is 37.9 Å². The summed E-state index contributed by atoms with van der Waals surface area (Å²) in [4.78, 5) is 53.7. The molecule has 3 atom stereocenters. The predicted octanol–water partition coefficient (Wildman–Crippen LogP) is -1.78. The Morgan fingerprint density at radius 3 is 2.57 bits per heavy atom. The average molecular weight is 414 g/mol. The lowest BCUT2D eigenvalue weighted by Crippen LogP contribution is -2.52. The van der Waals surface area contributed by atoms with Gasteiger partial charge in [-0.25, -0.2) is 9.78 Å². The van der Waals surface area contributed by atoms with Crippen molar-refractivity contribution in [1.29, 1.82) is 0 Å². The lowest BCUT2D eigenvalue weighted by molar-refractivity contribution is -0.142. The van der Waals surface area contributed by atoms with E-state index >= 15 is 0 Å². The van der Waals surface area contributed by atoms with Gasteiger partial charge >= 0.3 is 5.97 Å². The van der Waals surface area contributed by atoms with E-state index in [1.165, 1.54) is 25.0 Å². The lowest BCUT2D eigenvalue weighted by atomic mass is 10.1. The fourth-order valence-corrected chi connectivity index (χ4v) is 2.64. The smallest absolute Gasteiger partial charge is 0.326 e. The van der Waals surface area contributed by atoms with E-state index in [0.29, 0.717) is 11.4 Å². The normalized spacial score (nSPS) is 13.8. The van der Waals surface area contributed by atoms with Gasteiger partial charge in [-0.2, -0.15) is 11.8 Å². The van der Waals surface area contributed by atoms with Crippen molar-refractivity contribution in [1.82, 2.24) is 25.9 Å². The van der Waals surface area contributed by atoms with Gasteiger partial charge in [-0.05, 0) is 25.4 Å². The second-order valence-corrected chi connectivity index (χ2v) is 7.06. The van der Waals surface area contributed by atoms with Gasteiger partial charge in [0.05, 0.1) is 18.9 Å². The number of carboxylic acid groups (broad SMARTS) is 1. The van der Waals surface area contributed by atoms with Crippen LogP contribution in [-0.4, -0.2) is 75.4 Å². The quantitative estimate of drug-likeness (QED) is 0.232. The van der Waals surface area contributed by atoms with Crippen LogP contribution in [-0.2, 0) is 25.6 Å². The number of nitrogens with zero attached hydrogens (tertiary/aromatic N) is 1. The molecule has 0 aliphatic heterocycles. The highest BCUT2D eigenvalue weighted by atomic mass is 32.2. The first-order chi connectivity index (χ1) is 13.2. The molecule has 3 unspecified atom stereocenters. The van der Waals surface area contributed by atoms with Crippen molar-refractivity contribution in [2.24, 2.45) is 5.73 Å². The molecule has 3 amide bonds. The maximum atomic E-state index is 12.1. The van der Waals surface area contributed by atoms with E-state index in [4.69, 9.17) is 10.8 Å². The molecular formula is C16H26N6O5S. The molecule has 0 radical (unpaired) electrons. The van der Waals surface area contributed by atoms with Crippen LogP contribution in [0, 0.1) is 0 Å². The topological polar surface area (TPSA) is 179 Å². The number of H-pyrrole nitrogens is 1. The van der Waals surface area contributed by atoms with Crippen LogP contribution in [0.15, 0.2) is 12.5 Å². The summed E-state index contributed by atoms with van der Waals surface area (Å²) in [7, 11) is 0. The van der Waals surface area contributed by atoms with Crippen molar-refractivity contribution in [3.05, 3.63) is 18.2 Å². The number of aromatic amines is 1. The predicted molar refractivity (Wildman–Crippen MR) is 103 cm³/mol. The van der Waals surface area contributed by atoms with Gasteiger partial charge in [0.1, 0.15) is 12.1 Å². The SMILES string of the molecule is CSCCC(NC(=O)C(C)NC(=O)CNC(=O)C(N)Cc1cnc[nH]1)C(=O)O. The Kier molecular flexibility index (Phi) is 10.0. The summed E-state index contributed by atoms with van der Waals surface area (Å²) in [6, 6.07) is -2.85. The monoisotopic (exact) mass is 414 g/mol. The lowest BCUT2D eigenvalue weighted by Gasteiger charge is -2.19. The zero-order chi connectivity index (χ0) is 21.1. The maximum absolute atomic E-state index is 12.1. The second-order valence-electron chi connectivity index (χ2n) is 6.08. The van der Waals surface area contributed by atoms with Gasteiger partial charge in [0.2, 0.25) is 17.7 Å². The number of nitrogens with one attached hydrogen (secondary N) is 4. The standard InChI is InChI=1S/C16H26N6O5S/c1-9(14(24)22-12(16(26)27)3-4-28-2)21-13(23)7-19-15(25)11(17)5-10-6-18-8-20-10/h6,8-9,11-12H,3-5,7,17H2,1-2H3,(H,18,20)(H,19,25)(H,21,23)(H,22,24)(H,26,27). The van der Waals surface area contributed by atoms with Crippen LogP contribution in [0.4, 0.5) is 0 Å². The Morgan fingerprint density at radius 1 is 1.29 bits per heavy atom. The first-order valence-electron chi connectivity index (χ1n) is 8.56. The highest BCUT2D eigenvalue weighted by molar-refractivity contribution is 7.98. The Hall–Kier alpha value is -2.60. The fraction of sp³-hybridized carbons (Fsp3) is 0.562. The summed E-state index contributed by atoms with van der Waals surface area (Å²) in [6.07, 6.45) is 5.35. The van der Waals surface area contributed by atoms with Crippen molar-refractivity contribution in [2.75, 3.05) is 18.6 Å². The highest BCUT2D eigenvalue weighted by Gasteiger charge is 2.24. The molecule has 28 heavy (non-hydrogen) atoms. The molecule has 0 aromatic carbocycles. The molecule has 7 N–H and O–H groups in total. The Balaban J connectivity index is 2.39. The molecule has 1 aromatic heterocycles. The van der Waals surface area contributed by atoms with Crippen molar-refractivity contribution in [3.8, 4) is 0 Å². The van der Waals surface area contributed by atoms with Crippen LogP contribution in [0.25, 0.3) is 0 Å². The summed E-state index contributed by atoms with van der Waals surface area (Å²) in [5, 5.41) is 16.3. The highest BCUT2D eigenvalue weighted by Crippen LogP contribution is 2.01. The Labute approximate surface area is 166 Å². The van der Waals surface area contributed by atoms with Gasteiger partial charge in [-0.1, -0.05) is 0 Å². The number of carboxylic acids is 1. The number of rotatable bonds is 12. The van der Waals surface area contributed by atoms with E-state index in [2.05, 4.69) is 25.9 Å². The van der Waals surface area contributed by atoms with Gasteiger partial charge in [0, 0.05) is 18.3 Å². The summed E-state index contributed by atoms with van der Waals surface area (Å²) in [5.74, 6) is -2.31. The maximum Gasteiger partial charge on any atom is 0.326 e. The number of aromatic nitrogens is 2. The van der Waals surface area contributed by atoms with E-state index in [1.54, 1.807) is 6.20 Å². The van der Waals surface area contributed by atoms with E-state index < -0.39 is 41.8 Å². The van der Waals surface area contributed by atoms with Crippen LogP contribution in [0.3, 0.4) is 0 Å². The minimum atomic E-state index is -1.14. The number of imidazole rings is 1. The molecule has 1 aromatic rings. The van der Waals surface area contributed by atoms with Gasteiger partial charge in [-0.3, -0.25) is 14.4 Å². The summed E-state index contributed by atoms with van der Waals surface area (Å²) in [6.45, 7) is 1.06. The third kappa shape index (κ3) is 8.39. The van der Waals surface area contributed by atoms with Gasteiger partial charge < -0.3 is 31.8 Å². The second kappa shape index (κ2) is 12.0. The number of hydrogen-bond acceptors (Lipinski definition) is 7. The number of carbonyl (C=O) groups excluding carboxylic acids is 3. The Morgan fingerprint density at radius 2 is 2.00 bits per heavy atom. The van der Waals surface area contributed by atoms with E-state index in [0.717, 1.165) is 0 Å². The molecule has 0 saturated carbocycles. The van der Waals surface area contributed by atoms with Gasteiger partial charge in [-0.15, -0.1) is 0 Å². The zero-order valence-electron chi connectivity index (χ0n) is 15.7. The molecular weight excluding hydrogens is 388 g/mol. The number of nitrogens with two attached hydrogens (primary N) is 1. The zero-order valence-corrected chi connectivity index (χ0v) is 16.5. The average Bonchev–Trinajstić information content (AvgIpc) is 3.15. The van der Waals surface area contributed by atoms with E-state index in [1.807, 2.05) is 6.26 Å². The molecule has 1 heterocycles. The van der Waals surface area contributed by atoms with Crippen molar-refractivity contribution in [3.63, 3.8) is 0 Å². The number of amides is 3. The molecule has 156 valence electrons. The van der Waals surface area contributed by atoms with Crippen LogP contribution in [0.2, 0.25) is 0 Å². The molecule has 0 fully saturated rings. The summed E-state index contributed by atoms with van der Waals surface area (Å²) < 4.78 is 0. The molecule has 0 saturated heterocycles. The van der Waals surface area contributed by atoms with Crippen LogP contribution < -0.4 is 21.7 Å². The first-order valence-corrected chi connectivity index (χ1v) is 9.96. The van der Waals surface area contributed by atoms with Crippen LogP contribution in [0.5, 0.6) is 0 Å². The van der Waals surface area contributed by atoms with Crippen molar-refractivity contribution < 1.29 is 24.3 Å². The largest absolute Gasteiger partial charge is 0.480 e. The first kappa shape index (κ1) is 23.4. The number of hydrogen-bond donors (Lipinski definition) is 6. The molecule has 11 nitrogen and oxygen atoms in total. The Bertz CT molecular complexity index is 668. The minimum absolute atomic E-state index is 0.235. The molecule has 0 aliphatic carbocycles. The van der Waals surface area contributed by atoms with Gasteiger partial charge in [0.25, 0.3) is 0 Å². The molecule has 0 aliphatic rings. The number of aliphatic carboxylic acids is 1. The molecule has 1 rings (SSSR count). The third-order valence-electron chi connectivity index (χ3n) is 3.75. The van der Waals surface area contributed by atoms with Crippen molar-refractivity contribution >= 4 is 35.5 Å². The number of carbonyl (C=O) groups is 4. The molecule has 0 spiro atoms. The van der Waals surface area contributed by atoms with E-state index in [9.17, 15) is 19.2 Å². The number of thioether (sulfide) groups is 1. The third-order valence-corrected chi connectivity index (χ3v) is 4.39. The summed E-state index contributed by atoms with van der Waals surface area (Å²) >= 11 is 1.47.